The van der Waals surface area contributed by atoms with Crippen LogP contribution in [0.1, 0.15) is 0 Å². The van der Waals surface area contributed by atoms with Crippen LogP contribution in [0, 0.1) is 0 Å². The van der Waals surface area contributed by atoms with Crippen molar-refractivity contribution in [1.29, 1.82) is 0 Å². The van der Waals surface area contributed by atoms with Crippen molar-refractivity contribution in [2.75, 3.05) is 32.5 Å². The smallest absolute Gasteiger partial charge is 0.223 e. The zero-order valence-corrected chi connectivity index (χ0v) is 13.0. The van der Waals surface area contributed by atoms with Gasteiger partial charge in [-0.3, -0.25) is 0 Å². The van der Waals surface area contributed by atoms with Gasteiger partial charge in [0, 0.05) is 24.0 Å². The van der Waals surface area contributed by atoms with E-state index in [0.717, 1.165) is 35.2 Å². The average Bonchev–Trinajstić information content (AvgIpc) is 2.54. The molecule has 4 nitrogen and oxygen atoms in total. The lowest BCUT2D eigenvalue weighted by atomic mass is 10.1. The molecule has 1 aromatic heterocycles. The molecule has 0 saturated carbocycles. The van der Waals surface area contributed by atoms with Gasteiger partial charge in [0.1, 0.15) is 0 Å². The van der Waals surface area contributed by atoms with Crippen LogP contribution in [-0.4, -0.2) is 42.1 Å². The van der Waals surface area contributed by atoms with Crippen molar-refractivity contribution in [3.05, 3.63) is 54.6 Å². The van der Waals surface area contributed by atoms with Crippen LogP contribution in [0.2, 0.25) is 0 Å². The van der Waals surface area contributed by atoms with Gasteiger partial charge in [0.15, 0.2) is 0 Å². The SMILES string of the molecule is CN(C)CCNc1nc(-c2ccccc2)c2ccccc2n1. The lowest BCUT2D eigenvalue weighted by Gasteiger charge is -2.12. The Kier molecular flexibility index (Phi) is 4.30. The Labute approximate surface area is 130 Å². The lowest BCUT2D eigenvalue weighted by Crippen LogP contribution is -2.21. The summed E-state index contributed by atoms with van der Waals surface area (Å²) in [5.41, 5.74) is 3.04. The van der Waals surface area contributed by atoms with E-state index in [1.807, 2.05) is 36.4 Å². The van der Waals surface area contributed by atoms with Crippen LogP contribution in [0.15, 0.2) is 54.6 Å². The standard InChI is InChI=1S/C18H20N4/c1-22(2)13-12-19-18-20-16-11-7-6-10-15(16)17(21-18)14-8-4-3-5-9-14/h3-11H,12-13H2,1-2H3,(H,19,20,21). The van der Waals surface area contributed by atoms with Crippen LogP contribution in [-0.2, 0) is 0 Å². The number of nitrogens with zero attached hydrogens (tertiary/aromatic N) is 3. The molecule has 0 saturated heterocycles. The number of anilines is 1. The van der Waals surface area contributed by atoms with E-state index in [2.05, 4.69) is 47.5 Å². The summed E-state index contributed by atoms with van der Waals surface area (Å²) in [5.74, 6) is 0.680. The maximum atomic E-state index is 4.73. The van der Waals surface area contributed by atoms with Gasteiger partial charge in [-0.25, -0.2) is 9.97 Å². The van der Waals surface area contributed by atoms with Gasteiger partial charge >= 0.3 is 0 Å². The summed E-state index contributed by atoms with van der Waals surface area (Å²) in [6, 6.07) is 18.4. The first kappa shape index (κ1) is 14.5. The third kappa shape index (κ3) is 3.23. The van der Waals surface area contributed by atoms with Gasteiger partial charge in [0.25, 0.3) is 0 Å². The van der Waals surface area contributed by atoms with Crippen molar-refractivity contribution < 1.29 is 0 Å². The molecule has 0 atom stereocenters. The average molecular weight is 292 g/mol. The monoisotopic (exact) mass is 292 g/mol. The first-order valence-corrected chi connectivity index (χ1v) is 7.45. The summed E-state index contributed by atoms with van der Waals surface area (Å²) in [6.45, 7) is 1.76. The molecular weight excluding hydrogens is 272 g/mol. The fraction of sp³-hybridized carbons (Fsp3) is 0.222. The highest BCUT2D eigenvalue weighted by Crippen LogP contribution is 2.26. The number of likely N-dealkylation sites (N-methyl/N-ethyl adjacent to an activating group) is 1. The summed E-state index contributed by atoms with van der Waals surface area (Å²) >= 11 is 0. The van der Waals surface area contributed by atoms with Gasteiger partial charge in [-0.2, -0.15) is 0 Å². The highest BCUT2D eigenvalue weighted by Gasteiger charge is 2.09. The molecule has 4 heteroatoms. The number of rotatable bonds is 5. The Bertz CT molecular complexity index is 753. The Balaban J connectivity index is 2.01. The van der Waals surface area contributed by atoms with E-state index in [-0.39, 0.29) is 0 Å². The molecular formula is C18H20N4. The quantitative estimate of drug-likeness (QED) is 0.783. The molecule has 0 fully saturated rings. The predicted octanol–water partition coefficient (Wildman–Crippen LogP) is 3.27. The molecule has 3 rings (SSSR count). The van der Waals surface area contributed by atoms with Crippen molar-refractivity contribution in [2.45, 2.75) is 0 Å². The molecule has 1 heterocycles. The molecule has 0 aliphatic heterocycles. The summed E-state index contributed by atoms with van der Waals surface area (Å²) in [5, 5.41) is 4.39. The number of benzene rings is 2. The molecule has 0 bridgehead atoms. The van der Waals surface area contributed by atoms with Crippen LogP contribution in [0.4, 0.5) is 5.95 Å². The maximum Gasteiger partial charge on any atom is 0.223 e. The van der Waals surface area contributed by atoms with Gasteiger partial charge in [0.2, 0.25) is 5.95 Å². The zero-order valence-electron chi connectivity index (χ0n) is 13.0. The van der Waals surface area contributed by atoms with Gasteiger partial charge in [-0.05, 0) is 20.2 Å². The summed E-state index contributed by atoms with van der Waals surface area (Å²) < 4.78 is 0. The van der Waals surface area contributed by atoms with E-state index in [1.165, 1.54) is 0 Å². The largest absolute Gasteiger partial charge is 0.353 e. The second-order valence-corrected chi connectivity index (χ2v) is 5.51. The molecule has 3 aromatic rings. The van der Waals surface area contributed by atoms with Crippen molar-refractivity contribution >= 4 is 16.9 Å². The number of hydrogen-bond donors (Lipinski definition) is 1. The molecule has 0 aliphatic carbocycles. The Morgan fingerprint density at radius 1 is 0.909 bits per heavy atom. The van der Waals surface area contributed by atoms with Crippen molar-refractivity contribution in [1.82, 2.24) is 14.9 Å². The molecule has 2 aromatic carbocycles. The molecule has 0 amide bonds. The van der Waals surface area contributed by atoms with Crippen LogP contribution < -0.4 is 5.32 Å². The summed E-state index contributed by atoms with van der Waals surface area (Å²) in [7, 11) is 4.11. The molecule has 0 spiro atoms. The Morgan fingerprint density at radius 3 is 2.41 bits per heavy atom. The molecule has 0 aliphatic rings. The van der Waals surface area contributed by atoms with Crippen molar-refractivity contribution in [2.24, 2.45) is 0 Å². The van der Waals surface area contributed by atoms with Crippen LogP contribution >= 0.6 is 0 Å². The highest BCUT2D eigenvalue weighted by atomic mass is 15.1. The summed E-state index contributed by atoms with van der Waals surface area (Å²) in [6.07, 6.45) is 0. The van der Waals surface area contributed by atoms with Crippen LogP contribution in [0.25, 0.3) is 22.2 Å². The molecule has 22 heavy (non-hydrogen) atoms. The molecule has 112 valence electrons. The Morgan fingerprint density at radius 2 is 1.64 bits per heavy atom. The summed E-state index contributed by atoms with van der Waals surface area (Å²) in [4.78, 5) is 11.5. The van der Waals surface area contributed by atoms with E-state index in [9.17, 15) is 0 Å². The number of fused-ring (bicyclic) bond motifs is 1. The van der Waals surface area contributed by atoms with E-state index in [0.29, 0.717) is 5.95 Å². The highest BCUT2D eigenvalue weighted by molar-refractivity contribution is 5.93. The Hall–Kier alpha value is -2.46. The van der Waals surface area contributed by atoms with Gasteiger partial charge in [-0.1, -0.05) is 48.5 Å². The predicted molar refractivity (Wildman–Crippen MR) is 92.0 cm³/mol. The second-order valence-electron chi connectivity index (χ2n) is 5.51. The number of hydrogen-bond acceptors (Lipinski definition) is 4. The van der Waals surface area contributed by atoms with Crippen molar-refractivity contribution in [3.8, 4) is 11.3 Å². The van der Waals surface area contributed by atoms with Crippen LogP contribution in [0.5, 0.6) is 0 Å². The van der Waals surface area contributed by atoms with Crippen molar-refractivity contribution in [3.63, 3.8) is 0 Å². The van der Waals surface area contributed by atoms with E-state index < -0.39 is 0 Å². The minimum Gasteiger partial charge on any atom is -0.353 e. The molecule has 0 unspecified atom stereocenters. The van der Waals surface area contributed by atoms with Gasteiger partial charge in [-0.15, -0.1) is 0 Å². The minimum atomic E-state index is 0.680. The number of nitrogens with one attached hydrogen (secondary N) is 1. The second kappa shape index (κ2) is 6.54. The number of aromatic nitrogens is 2. The molecule has 1 N–H and O–H groups in total. The van der Waals surface area contributed by atoms with Gasteiger partial charge < -0.3 is 10.2 Å². The van der Waals surface area contributed by atoms with E-state index in [4.69, 9.17) is 4.98 Å². The maximum absolute atomic E-state index is 4.73. The third-order valence-electron chi connectivity index (χ3n) is 3.49. The van der Waals surface area contributed by atoms with E-state index in [1.54, 1.807) is 0 Å². The zero-order chi connectivity index (χ0) is 15.4. The number of para-hydroxylation sites is 1. The first-order valence-electron chi connectivity index (χ1n) is 7.45. The fourth-order valence-electron chi connectivity index (χ4n) is 2.36. The lowest BCUT2D eigenvalue weighted by molar-refractivity contribution is 0.425. The van der Waals surface area contributed by atoms with Crippen LogP contribution in [0.3, 0.4) is 0 Å². The topological polar surface area (TPSA) is 41.0 Å². The minimum absolute atomic E-state index is 0.680. The third-order valence-corrected chi connectivity index (χ3v) is 3.49. The van der Waals surface area contributed by atoms with Gasteiger partial charge in [0.05, 0.1) is 11.2 Å². The fourth-order valence-corrected chi connectivity index (χ4v) is 2.36. The van der Waals surface area contributed by atoms with E-state index >= 15 is 0 Å². The normalized spacial score (nSPS) is 11.0. The first-order chi connectivity index (χ1) is 10.7. The molecule has 0 radical (unpaired) electrons.